The van der Waals surface area contributed by atoms with Crippen molar-refractivity contribution in [1.29, 1.82) is 0 Å². The lowest BCUT2D eigenvalue weighted by molar-refractivity contribution is -0.130. The Morgan fingerprint density at radius 3 is 2.69 bits per heavy atom. The molecule has 0 unspecified atom stereocenters. The molecular formula is C10H15N3O3. The van der Waals surface area contributed by atoms with Gasteiger partial charge in [-0.15, -0.1) is 0 Å². The summed E-state index contributed by atoms with van der Waals surface area (Å²) in [5.74, 6) is -0.170. The molecule has 0 atom stereocenters. The number of hydrogen-bond acceptors (Lipinski definition) is 3. The van der Waals surface area contributed by atoms with Crippen LogP contribution >= 0.6 is 0 Å². The van der Waals surface area contributed by atoms with Gasteiger partial charge in [0.2, 0.25) is 5.91 Å². The lowest BCUT2D eigenvalue weighted by Crippen LogP contribution is -2.37. The fourth-order valence-electron chi connectivity index (χ4n) is 1.18. The van der Waals surface area contributed by atoms with E-state index in [4.69, 9.17) is 0 Å². The highest BCUT2D eigenvalue weighted by atomic mass is 16.2. The van der Waals surface area contributed by atoms with Gasteiger partial charge in [-0.3, -0.25) is 19.1 Å². The SMILES string of the molecule is CCN(C)C(=O)Cn1cc(C)c(=O)[nH]c1=O. The van der Waals surface area contributed by atoms with Crippen molar-refractivity contribution < 1.29 is 4.79 Å². The molecule has 1 heterocycles. The van der Waals surface area contributed by atoms with Crippen LogP contribution in [0.25, 0.3) is 0 Å². The number of nitrogens with one attached hydrogen (secondary N) is 1. The molecule has 0 spiro atoms. The van der Waals surface area contributed by atoms with Crippen molar-refractivity contribution in [1.82, 2.24) is 14.5 Å². The highest BCUT2D eigenvalue weighted by Crippen LogP contribution is 1.89. The summed E-state index contributed by atoms with van der Waals surface area (Å²) in [4.78, 5) is 37.7. The molecule has 1 aromatic heterocycles. The number of H-pyrrole nitrogens is 1. The molecule has 0 fully saturated rings. The molecule has 0 bridgehead atoms. The van der Waals surface area contributed by atoms with Gasteiger partial charge in [0.15, 0.2) is 0 Å². The first-order chi connectivity index (χ1) is 7.45. The maximum absolute atomic E-state index is 11.6. The van der Waals surface area contributed by atoms with Crippen molar-refractivity contribution >= 4 is 5.91 Å². The van der Waals surface area contributed by atoms with Crippen LogP contribution in [0.5, 0.6) is 0 Å². The molecule has 0 saturated carbocycles. The van der Waals surface area contributed by atoms with E-state index in [0.717, 1.165) is 0 Å². The van der Waals surface area contributed by atoms with E-state index < -0.39 is 11.2 Å². The van der Waals surface area contributed by atoms with Crippen LogP contribution in [-0.4, -0.2) is 34.0 Å². The Labute approximate surface area is 92.5 Å². The van der Waals surface area contributed by atoms with Crippen molar-refractivity contribution in [3.05, 3.63) is 32.6 Å². The third-order valence-corrected chi connectivity index (χ3v) is 2.39. The Hall–Kier alpha value is -1.85. The number of likely N-dealkylation sites (N-methyl/N-ethyl adjacent to an activating group) is 1. The van der Waals surface area contributed by atoms with E-state index in [1.807, 2.05) is 6.92 Å². The molecule has 0 aliphatic rings. The monoisotopic (exact) mass is 225 g/mol. The lowest BCUT2D eigenvalue weighted by Gasteiger charge is -2.15. The zero-order valence-electron chi connectivity index (χ0n) is 9.61. The molecule has 0 aliphatic carbocycles. The number of rotatable bonds is 3. The number of carbonyl (C=O) groups is 1. The minimum atomic E-state index is -0.562. The predicted octanol–water partition coefficient (Wildman–Crippen LogP) is -0.677. The van der Waals surface area contributed by atoms with Gasteiger partial charge in [-0.2, -0.15) is 0 Å². The average molecular weight is 225 g/mol. The maximum Gasteiger partial charge on any atom is 0.328 e. The lowest BCUT2D eigenvalue weighted by atomic mass is 10.4. The van der Waals surface area contributed by atoms with Crippen molar-refractivity contribution in [2.45, 2.75) is 20.4 Å². The molecule has 0 aromatic carbocycles. The number of carbonyl (C=O) groups excluding carboxylic acids is 1. The van der Waals surface area contributed by atoms with Crippen molar-refractivity contribution in [3.8, 4) is 0 Å². The normalized spacial score (nSPS) is 10.2. The van der Waals surface area contributed by atoms with Gasteiger partial charge in [0.05, 0.1) is 0 Å². The Bertz CT molecular complexity index is 501. The van der Waals surface area contributed by atoms with E-state index in [1.165, 1.54) is 15.7 Å². The second-order valence-corrected chi connectivity index (χ2v) is 3.61. The second-order valence-electron chi connectivity index (χ2n) is 3.61. The van der Waals surface area contributed by atoms with Gasteiger partial charge in [0, 0.05) is 25.4 Å². The van der Waals surface area contributed by atoms with Crippen LogP contribution in [0, 0.1) is 6.92 Å². The van der Waals surface area contributed by atoms with Crippen LogP contribution in [0.2, 0.25) is 0 Å². The second kappa shape index (κ2) is 4.78. The molecule has 16 heavy (non-hydrogen) atoms. The van der Waals surface area contributed by atoms with Gasteiger partial charge in [-0.1, -0.05) is 0 Å². The maximum atomic E-state index is 11.6. The number of nitrogens with zero attached hydrogens (tertiary/aromatic N) is 2. The van der Waals surface area contributed by atoms with Crippen LogP contribution in [0.1, 0.15) is 12.5 Å². The summed E-state index contributed by atoms with van der Waals surface area (Å²) in [6, 6.07) is 0. The third kappa shape index (κ3) is 2.59. The Morgan fingerprint density at radius 2 is 2.12 bits per heavy atom. The molecule has 1 N–H and O–H groups in total. The summed E-state index contributed by atoms with van der Waals surface area (Å²) >= 11 is 0. The van der Waals surface area contributed by atoms with Crippen molar-refractivity contribution in [2.75, 3.05) is 13.6 Å². The van der Waals surface area contributed by atoms with Crippen molar-refractivity contribution in [2.24, 2.45) is 0 Å². The van der Waals surface area contributed by atoms with Crippen LogP contribution in [0.15, 0.2) is 15.8 Å². The fraction of sp³-hybridized carbons (Fsp3) is 0.500. The minimum Gasteiger partial charge on any atom is -0.344 e. The quantitative estimate of drug-likeness (QED) is 0.740. The first kappa shape index (κ1) is 12.2. The zero-order valence-corrected chi connectivity index (χ0v) is 9.61. The predicted molar refractivity (Wildman–Crippen MR) is 59.4 cm³/mol. The Morgan fingerprint density at radius 1 is 1.50 bits per heavy atom. The van der Waals surface area contributed by atoms with E-state index in [2.05, 4.69) is 4.98 Å². The molecule has 0 radical (unpaired) electrons. The van der Waals surface area contributed by atoms with Gasteiger partial charge in [0.1, 0.15) is 6.54 Å². The molecular weight excluding hydrogens is 210 g/mol. The summed E-state index contributed by atoms with van der Waals surface area (Å²) in [5.41, 5.74) is -0.572. The minimum absolute atomic E-state index is 0.0548. The van der Waals surface area contributed by atoms with Gasteiger partial charge in [0.25, 0.3) is 5.56 Å². The fourth-order valence-corrected chi connectivity index (χ4v) is 1.18. The smallest absolute Gasteiger partial charge is 0.328 e. The van der Waals surface area contributed by atoms with Gasteiger partial charge in [-0.05, 0) is 13.8 Å². The van der Waals surface area contributed by atoms with Crippen LogP contribution in [0.4, 0.5) is 0 Å². The molecule has 88 valence electrons. The van der Waals surface area contributed by atoms with Gasteiger partial charge in [-0.25, -0.2) is 4.79 Å². The highest BCUT2D eigenvalue weighted by Gasteiger charge is 2.09. The summed E-state index contributed by atoms with van der Waals surface area (Å²) in [6.45, 7) is 3.96. The van der Waals surface area contributed by atoms with E-state index >= 15 is 0 Å². The largest absolute Gasteiger partial charge is 0.344 e. The number of aryl methyl sites for hydroxylation is 1. The van der Waals surface area contributed by atoms with Crippen molar-refractivity contribution in [3.63, 3.8) is 0 Å². The summed E-state index contributed by atoms with van der Waals surface area (Å²) < 4.78 is 1.20. The van der Waals surface area contributed by atoms with Gasteiger partial charge < -0.3 is 4.90 Å². The van der Waals surface area contributed by atoms with E-state index in [-0.39, 0.29) is 12.5 Å². The molecule has 6 heteroatoms. The van der Waals surface area contributed by atoms with Crippen LogP contribution in [0.3, 0.4) is 0 Å². The highest BCUT2D eigenvalue weighted by molar-refractivity contribution is 5.75. The average Bonchev–Trinajstić information content (AvgIpc) is 2.24. The molecule has 6 nitrogen and oxygen atoms in total. The molecule has 0 saturated heterocycles. The Balaban J connectivity index is 2.99. The summed E-state index contributed by atoms with van der Waals surface area (Å²) in [7, 11) is 1.66. The zero-order chi connectivity index (χ0) is 12.3. The Kier molecular flexibility index (Phi) is 3.65. The van der Waals surface area contributed by atoms with Crippen LogP contribution < -0.4 is 11.2 Å². The van der Waals surface area contributed by atoms with Gasteiger partial charge >= 0.3 is 5.69 Å². The standard InChI is InChI=1S/C10H15N3O3/c1-4-12(3)8(14)6-13-5-7(2)9(15)11-10(13)16/h5H,4,6H2,1-3H3,(H,11,15,16). The molecule has 1 amide bonds. The number of amides is 1. The molecule has 1 rings (SSSR count). The summed E-state index contributed by atoms with van der Waals surface area (Å²) in [6.07, 6.45) is 1.39. The van der Waals surface area contributed by atoms with E-state index in [1.54, 1.807) is 14.0 Å². The number of aromatic nitrogens is 2. The third-order valence-electron chi connectivity index (χ3n) is 2.39. The summed E-state index contributed by atoms with van der Waals surface area (Å²) in [5, 5.41) is 0. The topological polar surface area (TPSA) is 75.2 Å². The van der Waals surface area contributed by atoms with E-state index in [9.17, 15) is 14.4 Å². The molecule has 1 aromatic rings. The number of aromatic amines is 1. The molecule has 0 aliphatic heterocycles. The first-order valence-corrected chi connectivity index (χ1v) is 5.00. The number of hydrogen-bond donors (Lipinski definition) is 1. The van der Waals surface area contributed by atoms with Crippen LogP contribution in [-0.2, 0) is 11.3 Å². The first-order valence-electron chi connectivity index (χ1n) is 5.00. The van der Waals surface area contributed by atoms with E-state index in [0.29, 0.717) is 12.1 Å².